The van der Waals surface area contributed by atoms with Gasteiger partial charge in [-0.25, -0.2) is 0 Å². The first-order chi connectivity index (χ1) is 7.00. The molecule has 0 atom stereocenters. The molecule has 1 amide bonds. The molecule has 0 N–H and O–H groups in total. The highest BCUT2D eigenvalue weighted by Crippen LogP contribution is 2.11. The minimum Gasteiger partial charge on any atom is -0.343 e. The minimum absolute atomic E-state index is 0.160. The summed E-state index contributed by atoms with van der Waals surface area (Å²) in [7, 11) is 1.84. The molecule has 0 bridgehead atoms. The van der Waals surface area contributed by atoms with E-state index in [-0.39, 0.29) is 11.9 Å². The first-order valence-electron chi connectivity index (χ1n) is 5.01. The summed E-state index contributed by atoms with van der Waals surface area (Å²) in [5.41, 5.74) is 1.05. The van der Waals surface area contributed by atoms with Gasteiger partial charge in [-0.05, 0) is 31.5 Å². The summed E-state index contributed by atoms with van der Waals surface area (Å²) in [6.07, 6.45) is 0.474. The minimum atomic E-state index is 0.160. The van der Waals surface area contributed by atoms with Crippen LogP contribution in [0.4, 0.5) is 0 Å². The van der Waals surface area contributed by atoms with Crippen LogP contribution >= 0.6 is 15.9 Å². The second-order valence-electron chi connectivity index (χ2n) is 3.90. The Labute approximate surface area is 99.4 Å². The molecule has 0 heterocycles. The highest BCUT2D eigenvalue weighted by Gasteiger charge is 2.11. The summed E-state index contributed by atoms with van der Waals surface area (Å²) in [4.78, 5) is 13.5. The van der Waals surface area contributed by atoms with Crippen LogP contribution in [-0.2, 0) is 11.2 Å². The van der Waals surface area contributed by atoms with Crippen LogP contribution in [0, 0.1) is 0 Å². The molecule has 1 rings (SSSR count). The molecule has 0 aromatic heterocycles. The van der Waals surface area contributed by atoms with Crippen LogP contribution in [0.25, 0.3) is 0 Å². The molecule has 0 aliphatic rings. The lowest BCUT2D eigenvalue weighted by atomic mass is 10.1. The summed E-state index contributed by atoms with van der Waals surface area (Å²) in [6.45, 7) is 4.03. The molecule has 15 heavy (non-hydrogen) atoms. The van der Waals surface area contributed by atoms with E-state index in [4.69, 9.17) is 0 Å². The van der Waals surface area contributed by atoms with Crippen LogP contribution in [-0.4, -0.2) is 23.9 Å². The number of hydrogen-bond donors (Lipinski definition) is 0. The van der Waals surface area contributed by atoms with Crippen molar-refractivity contribution < 1.29 is 4.79 Å². The van der Waals surface area contributed by atoms with Crippen molar-refractivity contribution >= 4 is 21.8 Å². The van der Waals surface area contributed by atoms with Gasteiger partial charge in [-0.3, -0.25) is 4.79 Å². The standard InChI is InChI=1S/C12H16BrNO/c1-9(2)14(3)12(15)8-10-4-6-11(13)7-5-10/h4-7,9H,8H2,1-3H3. The maximum Gasteiger partial charge on any atom is 0.226 e. The molecule has 1 aromatic carbocycles. The second kappa shape index (κ2) is 5.31. The van der Waals surface area contributed by atoms with Gasteiger partial charge in [0, 0.05) is 17.6 Å². The number of amides is 1. The van der Waals surface area contributed by atoms with E-state index in [1.54, 1.807) is 4.90 Å². The molecule has 2 nitrogen and oxygen atoms in total. The lowest BCUT2D eigenvalue weighted by molar-refractivity contribution is -0.130. The van der Waals surface area contributed by atoms with E-state index in [1.807, 2.05) is 45.2 Å². The summed E-state index contributed by atoms with van der Waals surface area (Å²) < 4.78 is 1.04. The van der Waals surface area contributed by atoms with Gasteiger partial charge in [-0.2, -0.15) is 0 Å². The van der Waals surface area contributed by atoms with Crippen molar-refractivity contribution in [2.24, 2.45) is 0 Å². The average molecular weight is 270 g/mol. The molecule has 0 saturated heterocycles. The molecule has 0 fully saturated rings. The zero-order valence-electron chi connectivity index (χ0n) is 9.33. The van der Waals surface area contributed by atoms with E-state index < -0.39 is 0 Å². The van der Waals surface area contributed by atoms with Crippen LogP contribution in [0.2, 0.25) is 0 Å². The van der Waals surface area contributed by atoms with Crippen molar-refractivity contribution in [3.63, 3.8) is 0 Å². The molecule has 3 heteroatoms. The third kappa shape index (κ3) is 3.67. The fourth-order valence-corrected chi connectivity index (χ4v) is 1.45. The van der Waals surface area contributed by atoms with Crippen molar-refractivity contribution in [2.45, 2.75) is 26.3 Å². The largest absolute Gasteiger partial charge is 0.343 e. The third-order valence-corrected chi connectivity index (χ3v) is 2.97. The lowest BCUT2D eigenvalue weighted by Gasteiger charge is -2.21. The van der Waals surface area contributed by atoms with Crippen molar-refractivity contribution in [3.05, 3.63) is 34.3 Å². The van der Waals surface area contributed by atoms with Gasteiger partial charge in [-0.1, -0.05) is 28.1 Å². The number of hydrogen-bond acceptors (Lipinski definition) is 1. The summed E-state index contributed by atoms with van der Waals surface area (Å²) >= 11 is 3.37. The normalized spacial score (nSPS) is 10.5. The highest BCUT2D eigenvalue weighted by atomic mass is 79.9. The quantitative estimate of drug-likeness (QED) is 0.827. The molecular weight excluding hydrogens is 254 g/mol. The van der Waals surface area contributed by atoms with Gasteiger partial charge in [-0.15, -0.1) is 0 Å². The zero-order chi connectivity index (χ0) is 11.4. The second-order valence-corrected chi connectivity index (χ2v) is 4.82. The van der Waals surface area contributed by atoms with Crippen molar-refractivity contribution in [1.82, 2.24) is 4.90 Å². The van der Waals surface area contributed by atoms with Gasteiger partial charge >= 0.3 is 0 Å². The fourth-order valence-electron chi connectivity index (χ4n) is 1.19. The van der Waals surface area contributed by atoms with Crippen LogP contribution < -0.4 is 0 Å². The maximum absolute atomic E-state index is 11.8. The van der Waals surface area contributed by atoms with Gasteiger partial charge in [0.05, 0.1) is 6.42 Å². The number of benzene rings is 1. The predicted molar refractivity (Wildman–Crippen MR) is 65.8 cm³/mol. The number of likely N-dealkylation sites (N-methyl/N-ethyl adjacent to an activating group) is 1. The Morgan fingerprint density at radius 1 is 1.33 bits per heavy atom. The van der Waals surface area contributed by atoms with E-state index in [2.05, 4.69) is 15.9 Å². The van der Waals surface area contributed by atoms with Crippen LogP contribution in [0.1, 0.15) is 19.4 Å². The molecule has 82 valence electrons. The number of carbonyl (C=O) groups excluding carboxylic acids is 1. The Hall–Kier alpha value is -0.830. The van der Waals surface area contributed by atoms with Gasteiger partial charge in [0.15, 0.2) is 0 Å². The molecule has 0 saturated carbocycles. The van der Waals surface area contributed by atoms with Gasteiger partial charge in [0.2, 0.25) is 5.91 Å². The number of carbonyl (C=O) groups is 1. The molecule has 0 radical (unpaired) electrons. The first kappa shape index (κ1) is 12.2. The Bertz CT molecular complexity index is 332. The highest BCUT2D eigenvalue weighted by molar-refractivity contribution is 9.10. The molecule has 0 unspecified atom stereocenters. The summed E-state index contributed by atoms with van der Waals surface area (Å²) in [6, 6.07) is 8.11. The van der Waals surface area contributed by atoms with E-state index in [0.717, 1.165) is 10.0 Å². The van der Waals surface area contributed by atoms with Crippen molar-refractivity contribution in [2.75, 3.05) is 7.05 Å². The van der Waals surface area contributed by atoms with E-state index >= 15 is 0 Å². The van der Waals surface area contributed by atoms with Gasteiger partial charge in [0.25, 0.3) is 0 Å². The Morgan fingerprint density at radius 2 is 1.87 bits per heavy atom. The molecule has 0 aliphatic heterocycles. The monoisotopic (exact) mass is 269 g/mol. The molecule has 1 aromatic rings. The van der Waals surface area contributed by atoms with E-state index in [0.29, 0.717) is 6.42 Å². The number of rotatable bonds is 3. The van der Waals surface area contributed by atoms with Crippen LogP contribution in [0.5, 0.6) is 0 Å². The Morgan fingerprint density at radius 3 is 2.33 bits per heavy atom. The van der Waals surface area contributed by atoms with Gasteiger partial charge in [0.1, 0.15) is 0 Å². The molecule has 0 aliphatic carbocycles. The van der Waals surface area contributed by atoms with Crippen LogP contribution in [0.15, 0.2) is 28.7 Å². The van der Waals surface area contributed by atoms with Crippen LogP contribution in [0.3, 0.4) is 0 Å². The van der Waals surface area contributed by atoms with Gasteiger partial charge < -0.3 is 4.90 Å². The Kier molecular flexibility index (Phi) is 4.33. The maximum atomic E-state index is 11.8. The molecule has 0 spiro atoms. The predicted octanol–water partition coefficient (Wildman–Crippen LogP) is 2.86. The van der Waals surface area contributed by atoms with E-state index in [1.165, 1.54) is 0 Å². The topological polar surface area (TPSA) is 20.3 Å². The smallest absolute Gasteiger partial charge is 0.226 e. The number of halogens is 1. The SMILES string of the molecule is CC(C)N(C)C(=O)Cc1ccc(Br)cc1. The lowest BCUT2D eigenvalue weighted by Crippen LogP contribution is -2.34. The fraction of sp³-hybridized carbons (Fsp3) is 0.417. The first-order valence-corrected chi connectivity index (χ1v) is 5.80. The third-order valence-electron chi connectivity index (χ3n) is 2.44. The van der Waals surface area contributed by atoms with Crippen molar-refractivity contribution in [1.29, 1.82) is 0 Å². The average Bonchev–Trinajstić information content (AvgIpc) is 2.20. The summed E-state index contributed by atoms with van der Waals surface area (Å²) in [5.74, 6) is 0.160. The number of nitrogens with zero attached hydrogens (tertiary/aromatic N) is 1. The van der Waals surface area contributed by atoms with E-state index in [9.17, 15) is 4.79 Å². The summed E-state index contributed by atoms with van der Waals surface area (Å²) in [5, 5.41) is 0. The van der Waals surface area contributed by atoms with Crippen molar-refractivity contribution in [3.8, 4) is 0 Å². The molecular formula is C12H16BrNO. The zero-order valence-corrected chi connectivity index (χ0v) is 10.9. The Balaban J connectivity index is 2.62.